The van der Waals surface area contributed by atoms with Crippen LogP contribution in [0.4, 0.5) is 10.2 Å². The van der Waals surface area contributed by atoms with Gasteiger partial charge in [-0.25, -0.2) is 9.37 Å². The minimum atomic E-state index is -1.25. The summed E-state index contributed by atoms with van der Waals surface area (Å²) in [5.41, 5.74) is 2.89. The SMILES string of the molecule is C[Si](C)(C)CCOCN(COCC[Si](C)(C)C)c1cc(C=O)nc2c(-c3cnc4ccc(F)cc4c3)cnn12. The number of benzene rings is 1. The van der Waals surface area contributed by atoms with Crippen molar-refractivity contribution in [1.29, 1.82) is 0 Å². The lowest BCUT2D eigenvalue weighted by Crippen LogP contribution is -2.33. The summed E-state index contributed by atoms with van der Waals surface area (Å²) >= 11 is 0. The van der Waals surface area contributed by atoms with Crippen molar-refractivity contribution < 1.29 is 18.7 Å². The van der Waals surface area contributed by atoms with Crippen LogP contribution in [0.1, 0.15) is 10.5 Å². The molecule has 3 aromatic heterocycles. The molecule has 0 N–H and O–H groups in total. The van der Waals surface area contributed by atoms with Crippen LogP contribution in [0.5, 0.6) is 0 Å². The Kier molecular flexibility index (Phi) is 8.94. The summed E-state index contributed by atoms with van der Waals surface area (Å²) in [6.07, 6.45) is 4.13. The van der Waals surface area contributed by atoms with Gasteiger partial charge in [-0.05, 0) is 36.4 Å². The second kappa shape index (κ2) is 12.0. The third-order valence-corrected chi connectivity index (χ3v) is 9.77. The molecule has 0 unspecified atom stereocenters. The zero-order valence-electron chi connectivity index (χ0n) is 23.7. The highest BCUT2D eigenvalue weighted by Crippen LogP contribution is 2.29. The van der Waals surface area contributed by atoms with Gasteiger partial charge in [0.1, 0.15) is 30.8 Å². The Morgan fingerprint density at radius 3 is 2.23 bits per heavy atom. The maximum Gasteiger partial charge on any atom is 0.168 e. The largest absolute Gasteiger partial charge is 0.361 e. The molecule has 0 aliphatic heterocycles. The number of carbonyl (C=O) groups is 1. The van der Waals surface area contributed by atoms with E-state index in [1.54, 1.807) is 29.0 Å². The molecule has 0 fully saturated rings. The number of pyridine rings is 1. The van der Waals surface area contributed by atoms with E-state index in [0.29, 0.717) is 54.6 Å². The summed E-state index contributed by atoms with van der Waals surface area (Å²) in [5, 5.41) is 5.29. The number of nitrogens with zero attached hydrogens (tertiary/aromatic N) is 5. The van der Waals surface area contributed by atoms with E-state index in [-0.39, 0.29) is 11.5 Å². The highest BCUT2D eigenvalue weighted by atomic mass is 28.3. The molecule has 8 nitrogen and oxygen atoms in total. The van der Waals surface area contributed by atoms with Gasteiger partial charge in [-0.3, -0.25) is 9.78 Å². The van der Waals surface area contributed by atoms with Crippen molar-refractivity contribution in [2.45, 2.75) is 51.4 Å². The van der Waals surface area contributed by atoms with E-state index in [9.17, 15) is 9.18 Å². The maximum absolute atomic E-state index is 13.9. The number of aldehydes is 1. The van der Waals surface area contributed by atoms with Gasteiger partial charge in [0.2, 0.25) is 0 Å². The van der Waals surface area contributed by atoms with Crippen molar-refractivity contribution in [1.82, 2.24) is 19.6 Å². The van der Waals surface area contributed by atoms with Crippen LogP contribution >= 0.6 is 0 Å². The Labute approximate surface area is 231 Å². The number of fused-ring (bicyclic) bond motifs is 2. The summed E-state index contributed by atoms with van der Waals surface area (Å²) in [7, 11) is -2.50. The maximum atomic E-state index is 13.9. The molecule has 0 saturated heterocycles. The first-order valence-electron chi connectivity index (χ1n) is 13.2. The minimum Gasteiger partial charge on any atom is -0.361 e. The Morgan fingerprint density at radius 1 is 0.949 bits per heavy atom. The van der Waals surface area contributed by atoms with Gasteiger partial charge in [-0.15, -0.1) is 0 Å². The van der Waals surface area contributed by atoms with Crippen LogP contribution in [0.25, 0.3) is 27.7 Å². The van der Waals surface area contributed by atoms with Gasteiger partial charge in [-0.2, -0.15) is 9.61 Å². The fourth-order valence-corrected chi connectivity index (χ4v) is 5.49. The van der Waals surface area contributed by atoms with Crippen LogP contribution < -0.4 is 4.90 Å². The van der Waals surface area contributed by atoms with Gasteiger partial charge in [0.25, 0.3) is 0 Å². The van der Waals surface area contributed by atoms with Crippen LogP contribution in [0, 0.1) is 5.82 Å². The Bertz CT molecular complexity index is 1430. The summed E-state index contributed by atoms with van der Waals surface area (Å²) in [6.45, 7) is 15.8. The minimum absolute atomic E-state index is 0.272. The van der Waals surface area contributed by atoms with Gasteiger partial charge >= 0.3 is 0 Å². The predicted octanol–water partition coefficient (Wildman–Crippen LogP) is 6.33. The topological polar surface area (TPSA) is 81.9 Å². The fraction of sp³-hybridized carbons (Fsp3) is 0.429. The van der Waals surface area contributed by atoms with E-state index < -0.39 is 16.1 Å². The van der Waals surface area contributed by atoms with Crippen LogP contribution in [-0.4, -0.2) is 68.7 Å². The summed E-state index contributed by atoms with van der Waals surface area (Å²) < 4.78 is 27.7. The standard InChI is InChI=1S/C28H38FN5O3Si2/c1-38(2,3)11-9-36-19-33(20-37-10-12-39(4,5)6)27-15-24(18-35)32-28-25(17-31-34(27)28)22-13-21-14-23(29)7-8-26(21)30-16-22/h7-8,13-18H,9-12,19-20H2,1-6H3. The molecule has 0 radical (unpaired) electrons. The molecule has 0 aliphatic rings. The van der Waals surface area contributed by atoms with Gasteiger partial charge in [0.05, 0.1) is 11.7 Å². The molecule has 0 saturated carbocycles. The summed E-state index contributed by atoms with van der Waals surface area (Å²) in [4.78, 5) is 22.9. The first-order chi connectivity index (χ1) is 18.4. The van der Waals surface area contributed by atoms with E-state index in [0.717, 1.165) is 23.9 Å². The number of halogens is 1. The Balaban J connectivity index is 1.69. The molecule has 1 aromatic carbocycles. The number of ether oxygens (including phenoxy) is 2. The third-order valence-electron chi connectivity index (χ3n) is 6.36. The van der Waals surface area contributed by atoms with E-state index in [1.165, 1.54) is 12.1 Å². The molecule has 0 aliphatic carbocycles. The summed E-state index contributed by atoms with van der Waals surface area (Å²) in [6, 6.07) is 10.1. The molecule has 0 spiro atoms. The summed E-state index contributed by atoms with van der Waals surface area (Å²) in [5.74, 6) is 0.318. The van der Waals surface area contributed by atoms with Gasteiger partial charge in [0.15, 0.2) is 11.9 Å². The van der Waals surface area contributed by atoms with Gasteiger partial charge in [0, 0.05) is 58.1 Å². The first-order valence-corrected chi connectivity index (χ1v) is 20.6. The first kappa shape index (κ1) is 29.0. The number of carbonyl (C=O) groups excluding carboxylic acids is 1. The van der Waals surface area contributed by atoms with Crippen LogP contribution in [-0.2, 0) is 9.47 Å². The molecule has 39 heavy (non-hydrogen) atoms. The third kappa shape index (κ3) is 7.78. The molecular formula is C28H38FN5O3Si2. The van der Waals surface area contributed by atoms with Crippen molar-refractivity contribution in [3.63, 3.8) is 0 Å². The number of hydrogen-bond donors (Lipinski definition) is 0. The normalized spacial score (nSPS) is 12.4. The lowest BCUT2D eigenvalue weighted by molar-refractivity contribution is 0.0941. The Morgan fingerprint density at radius 2 is 1.62 bits per heavy atom. The van der Waals surface area contributed by atoms with Crippen LogP contribution in [0.2, 0.25) is 51.4 Å². The predicted molar refractivity (Wildman–Crippen MR) is 159 cm³/mol. The highest BCUT2D eigenvalue weighted by Gasteiger charge is 2.20. The molecule has 208 valence electrons. The number of aromatic nitrogens is 4. The van der Waals surface area contributed by atoms with Crippen molar-refractivity contribution in [3.8, 4) is 11.1 Å². The van der Waals surface area contributed by atoms with E-state index >= 15 is 0 Å². The van der Waals surface area contributed by atoms with E-state index in [1.807, 2.05) is 11.0 Å². The lowest BCUT2D eigenvalue weighted by Gasteiger charge is -2.26. The van der Waals surface area contributed by atoms with Crippen LogP contribution in [0.15, 0.2) is 42.7 Å². The average Bonchev–Trinajstić information content (AvgIpc) is 3.29. The number of anilines is 1. The smallest absolute Gasteiger partial charge is 0.168 e. The second-order valence-electron chi connectivity index (χ2n) is 12.2. The highest BCUT2D eigenvalue weighted by molar-refractivity contribution is 6.76. The second-order valence-corrected chi connectivity index (χ2v) is 23.5. The molecule has 3 heterocycles. The van der Waals surface area contributed by atoms with Crippen molar-refractivity contribution in [2.75, 3.05) is 31.6 Å². The zero-order chi connectivity index (χ0) is 28.2. The molecule has 0 amide bonds. The van der Waals surface area contributed by atoms with Crippen molar-refractivity contribution in [3.05, 3.63) is 54.2 Å². The molecule has 0 bridgehead atoms. The van der Waals surface area contributed by atoms with Gasteiger partial charge in [-0.1, -0.05) is 39.3 Å². The fourth-order valence-electron chi connectivity index (χ4n) is 3.98. The zero-order valence-corrected chi connectivity index (χ0v) is 25.7. The van der Waals surface area contributed by atoms with Gasteiger partial charge < -0.3 is 14.4 Å². The van der Waals surface area contributed by atoms with Crippen molar-refractivity contribution >= 4 is 44.8 Å². The van der Waals surface area contributed by atoms with Crippen LogP contribution in [0.3, 0.4) is 0 Å². The molecule has 4 rings (SSSR count). The Hall–Kier alpha value is -3.00. The molecule has 4 aromatic rings. The average molecular weight is 568 g/mol. The molecule has 0 atom stereocenters. The quantitative estimate of drug-likeness (QED) is 0.0808. The monoisotopic (exact) mass is 567 g/mol. The number of rotatable bonds is 13. The van der Waals surface area contributed by atoms with E-state index in [4.69, 9.17) is 9.47 Å². The lowest BCUT2D eigenvalue weighted by atomic mass is 10.1. The van der Waals surface area contributed by atoms with Crippen molar-refractivity contribution in [2.24, 2.45) is 0 Å². The molecule has 11 heteroatoms. The van der Waals surface area contributed by atoms with E-state index in [2.05, 4.69) is 54.3 Å². The molecular weight excluding hydrogens is 530 g/mol. The number of hydrogen-bond acceptors (Lipinski definition) is 7.